The van der Waals surface area contributed by atoms with Crippen LogP contribution in [0.15, 0.2) is 35.3 Å². The van der Waals surface area contributed by atoms with Crippen molar-refractivity contribution in [2.24, 2.45) is 4.99 Å². The molecule has 17 heavy (non-hydrogen) atoms. The molecule has 1 heterocycles. The molecule has 0 aromatic heterocycles. The molecular weight excluding hydrogens is 214 g/mol. The van der Waals surface area contributed by atoms with E-state index in [1.165, 1.54) is 0 Å². The van der Waals surface area contributed by atoms with Crippen LogP contribution in [-0.4, -0.2) is 43.6 Å². The van der Waals surface area contributed by atoms with Crippen LogP contribution in [0.3, 0.4) is 0 Å². The maximum Gasteiger partial charge on any atom is 0.193 e. The summed E-state index contributed by atoms with van der Waals surface area (Å²) in [6.07, 6.45) is 0.120. The molecule has 2 rings (SSSR count). The van der Waals surface area contributed by atoms with Gasteiger partial charge in [-0.05, 0) is 19.1 Å². The Morgan fingerprint density at radius 3 is 2.82 bits per heavy atom. The SMILES string of the molecule is CC(CNC1=NCCN1C)Oc1ccccc1. The van der Waals surface area contributed by atoms with Gasteiger partial charge in [-0.2, -0.15) is 0 Å². The fraction of sp³-hybridized carbons (Fsp3) is 0.462. The number of guanidine groups is 1. The van der Waals surface area contributed by atoms with Gasteiger partial charge in [0.1, 0.15) is 11.9 Å². The maximum absolute atomic E-state index is 5.77. The third-order valence-electron chi connectivity index (χ3n) is 2.69. The number of hydrogen-bond acceptors (Lipinski definition) is 4. The summed E-state index contributed by atoms with van der Waals surface area (Å²) >= 11 is 0. The van der Waals surface area contributed by atoms with Gasteiger partial charge in [0.25, 0.3) is 0 Å². The number of likely N-dealkylation sites (N-methyl/N-ethyl adjacent to an activating group) is 1. The Labute approximate surface area is 102 Å². The van der Waals surface area contributed by atoms with Crippen LogP contribution in [0.5, 0.6) is 5.75 Å². The van der Waals surface area contributed by atoms with Crippen molar-refractivity contribution < 1.29 is 4.74 Å². The first-order chi connectivity index (χ1) is 8.25. The maximum atomic E-state index is 5.77. The summed E-state index contributed by atoms with van der Waals surface area (Å²) in [5.74, 6) is 1.87. The highest BCUT2D eigenvalue weighted by Gasteiger charge is 2.13. The van der Waals surface area contributed by atoms with Crippen molar-refractivity contribution in [1.82, 2.24) is 10.2 Å². The van der Waals surface area contributed by atoms with Gasteiger partial charge in [-0.15, -0.1) is 0 Å². The lowest BCUT2D eigenvalue weighted by Gasteiger charge is -2.19. The lowest BCUT2D eigenvalue weighted by molar-refractivity contribution is 0.223. The first kappa shape index (κ1) is 11.8. The zero-order valence-corrected chi connectivity index (χ0v) is 10.4. The average molecular weight is 233 g/mol. The molecule has 0 radical (unpaired) electrons. The minimum absolute atomic E-state index is 0.120. The summed E-state index contributed by atoms with van der Waals surface area (Å²) in [6.45, 7) is 4.69. The van der Waals surface area contributed by atoms with E-state index in [0.29, 0.717) is 0 Å². The zero-order chi connectivity index (χ0) is 12.1. The van der Waals surface area contributed by atoms with Gasteiger partial charge in [0.15, 0.2) is 5.96 Å². The third kappa shape index (κ3) is 3.37. The van der Waals surface area contributed by atoms with E-state index >= 15 is 0 Å². The first-order valence-corrected chi connectivity index (χ1v) is 5.97. The Morgan fingerprint density at radius 1 is 1.41 bits per heavy atom. The predicted molar refractivity (Wildman–Crippen MR) is 69.5 cm³/mol. The highest BCUT2D eigenvalue weighted by molar-refractivity contribution is 5.81. The number of ether oxygens (including phenoxy) is 1. The lowest BCUT2D eigenvalue weighted by atomic mass is 10.3. The Balaban J connectivity index is 1.76. The molecule has 92 valence electrons. The Kier molecular flexibility index (Phi) is 3.85. The Morgan fingerprint density at radius 2 is 2.18 bits per heavy atom. The number of aliphatic imine (C=N–C) groups is 1. The van der Waals surface area contributed by atoms with Crippen molar-refractivity contribution >= 4 is 5.96 Å². The molecule has 0 fully saturated rings. The van der Waals surface area contributed by atoms with Crippen LogP contribution in [0, 0.1) is 0 Å². The van der Waals surface area contributed by atoms with E-state index in [1.54, 1.807) is 0 Å². The molecule has 0 saturated carbocycles. The molecule has 1 aromatic rings. The van der Waals surface area contributed by atoms with Gasteiger partial charge < -0.3 is 15.0 Å². The smallest absolute Gasteiger partial charge is 0.193 e. The van der Waals surface area contributed by atoms with Crippen LogP contribution in [0.25, 0.3) is 0 Å². The minimum atomic E-state index is 0.120. The van der Waals surface area contributed by atoms with Crippen molar-refractivity contribution in [3.05, 3.63) is 30.3 Å². The molecule has 1 atom stereocenters. The molecule has 1 aliphatic rings. The second-order valence-corrected chi connectivity index (χ2v) is 4.25. The van der Waals surface area contributed by atoms with Gasteiger partial charge in [-0.25, -0.2) is 0 Å². The number of rotatable bonds is 4. The third-order valence-corrected chi connectivity index (χ3v) is 2.69. The molecule has 1 unspecified atom stereocenters. The summed E-state index contributed by atoms with van der Waals surface area (Å²) in [4.78, 5) is 6.49. The van der Waals surface area contributed by atoms with Gasteiger partial charge in [0.05, 0.1) is 13.1 Å². The monoisotopic (exact) mass is 233 g/mol. The average Bonchev–Trinajstić information content (AvgIpc) is 2.74. The van der Waals surface area contributed by atoms with E-state index in [4.69, 9.17) is 4.74 Å². The number of nitrogens with one attached hydrogen (secondary N) is 1. The van der Waals surface area contributed by atoms with E-state index in [-0.39, 0.29) is 6.10 Å². The summed E-state index contributed by atoms with van der Waals surface area (Å²) < 4.78 is 5.77. The quantitative estimate of drug-likeness (QED) is 0.852. The molecule has 0 spiro atoms. The zero-order valence-electron chi connectivity index (χ0n) is 10.4. The minimum Gasteiger partial charge on any atom is -0.489 e. The van der Waals surface area contributed by atoms with Crippen molar-refractivity contribution in [3.8, 4) is 5.75 Å². The largest absolute Gasteiger partial charge is 0.489 e. The number of benzene rings is 1. The summed E-state index contributed by atoms with van der Waals surface area (Å²) in [7, 11) is 2.04. The first-order valence-electron chi connectivity index (χ1n) is 5.97. The van der Waals surface area contributed by atoms with E-state index < -0.39 is 0 Å². The van der Waals surface area contributed by atoms with Crippen LogP contribution in [0.1, 0.15) is 6.92 Å². The predicted octanol–water partition coefficient (Wildman–Crippen LogP) is 1.34. The summed E-state index contributed by atoms with van der Waals surface area (Å²) in [6, 6.07) is 9.87. The van der Waals surface area contributed by atoms with Crippen LogP contribution in [-0.2, 0) is 0 Å². The topological polar surface area (TPSA) is 36.9 Å². The number of hydrogen-bond donors (Lipinski definition) is 1. The van der Waals surface area contributed by atoms with Crippen LogP contribution in [0.2, 0.25) is 0 Å². The molecule has 4 nitrogen and oxygen atoms in total. The highest BCUT2D eigenvalue weighted by atomic mass is 16.5. The van der Waals surface area contributed by atoms with Gasteiger partial charge in [0, 0.05) is 13.6 Å². The fourth-order valence-corrected chi connectivity index (χ4v) is 1.73. The molecule has 0 bridgehead atoms. The Hall–Kier alpha value is -1.71. The van der Waals surface area contributed by atoms with E-state index in [9.17, 15) is 0 Å². The molecule has 1 aliphatic heterocycles. The highest BCUT2D eigenvalue weighted by Crippen LogP contribution is 2.10. The molecule has 1 aromatic carbocycles. The molecule has 4 heteroatoms. The van der Waals surface area contributed by atoms with Crippen molar-refractivity contribution in [1.29, 1.82) is 0 Å². The van der Waals surface area contributed by atoms with Crippen LogP contribution in [0.4, 0.5) is 0 Å². The summed E-state index contributed by atoms with van der Waals surface area (Å²) in [5.41, 5.74) is 0. The van der Waals surface area contributed by atoms with E-state index in [0.717, 1.165) is 31.3 Å². The molecule has 0 saturated heterocycles. The van der Waals surface area contributed by atoms with Crippen LogP contribution < -0.4 is 10.1 Å². The van der Waals surface area contributed by atoms with Gasteiger partial charge in [-0.3, -0.25) is 4.99 Å². The van der Waals surface area contributed by atoms with Crippen molar-refractivity contribution in [2.45, 2.75) is 13.0 Å². The standard InChI is InChI=1S/C13H19N3O/c1-11(17-12-6-4-3-5-7-12)10-15-13-14-8-9-16(13)2/h3-7,11H,8-10H2,1-2H3,(H,14,15). The normalized spacial score (nSPS) is 16.6. The number of nitrogens with zero attached hydrogens (tertiary/aromatic N) is 2. The summed E-state index contributed by atoms with van der Waals surface area (Å²) in [5, 5.41) is 3.30. The molecule has 1 N–H and O–H groups in total. The van der Waals surface area contributed by atoms with E-state index in [2.05, 4.69) is 22.1 Å². The fourth-order valence-electron chi connectivity index (χ4n) is 1.73. The van der Waals surface area contributed by atoms with Crippen molar-refractivity contribution in [3.63, 3.8) is 0 Å². The lowest BCUT2D eigenvalue weighted by Crippen LogP contribution is -2.40. The number of para-hydroxylation sites is 1. The second-order valence-electron chi connectivity index (χ2n) is 4.25. The Bertz CT molecular complexity index is 378. The second kappa shape index (κ2) is 5.57. The molecule has 0 aliphatic carbocycles. The van der Waals surface area contributed by atoms with Gasteiger partial charge in [-0.1, -0.05) is 18.2 Å². The molecular formula is C13H19N3O. The van der Waals surface area contributed by atoms with Crippen LogP contribution >= 0.6 is 0 Å². The molecule has 0 amide bonds. The van der Waals surface area contributed by atoms with Gasteiger partial charge in [0.2, 0.25) is 0 Å². The van der Waals surface area contributed by atoms with Crippen molar-refractivity contribution in [2.75, 3.05) is 26.7 Å². The van der Waals surface area contributed by atoms with Gasteiger partial charge >= 0.3 is 0 Å². The van der Waals surface area contributed by atoms with E-state index in [1.807, 2.05) is 37.4 Å².